The zero-order valence-corrected chi connectivity index (χ0v) is 17.0. The molecule has 0 saturated heterocycles. The number of hydrogen-bond acceptors (Lipinski definition) is 4. The normalized spacial score (nSPS) is 10.8. The van der Waals surface area contributed by atoms with Crippen molar-refractivity contribution in [1.82, 2.24) is 15.0 Å². The third kappa shape index (κ3) is 4.27. The van der Waals surface area contributed by atoms with Crippen molar-refractivity contribution >= 4 is 22.6 Å². The molecule has 0 spiro atoms. The summed E-state index contributed by atoms with van der Waals surface area (Å²) in [6.45, 7) is 0. The second-order valence-corrected chi connectivity index (χ2v) is 7.19. The second-order valence-electron chi connectivity index (χ2n) is 7.19. The monoisotopic (exact) mass is 442 g/mol. The summed E-state index contributed by atoms with van der Waals surface area (Å²) >= 11 is 0. The van der Waals surface area contributed by atoms with E-state index in [0.717, 1.165) is 17.1 Å². The molecule has 5 aromatic rings. The van der Waals surface area contributed by atoms with E-state index >= 15 is 0 Å². The molecule has 0 saturated carbocycles. The Morgan fingerprint density at radius 2 is 1.79 bits per heavy atom. The molecule has 3 heterocycles. The van der Waals surface area contributed by atoms with Crippen LogP contribution in [-0.4, -0.2) is 20.9 Å². The lowest BCUT2D eigenvalue weighted by Gasteiger charge is -2.09. The summed E-state index contributed by atoms with van der Waals surface area (Å²) in [7, 11) is 0. The number of carbonyl (C=O) groups excluding carboxylic acids is 1. The molecule has 33 heavy (non-hydrogen) atoms. The SMILES string of the molecule is O=C(Nc1ccc(Oc2ccnc3[nH]ccc23)cc1)c1ccc(-c2ccc(F)cc2F)cn1. The van der Waals surface area contributed by atoms with Gasteiger partial charge in [0.15, 0.2) is 0 Å². The molecule has 0 unspecified atom stereocenters. The summed E-state index contributed by atoms with van der Waals surface area (Å²) in [5.41, 5.74) is 2.10. The average molecular weight is 442 g/mol. The Bertz CT molecular complexity index is 1450. The zero-order valence-electron chi connectivity index (χ0n) is 17.0. The van der Waals surface area contributed by atoms with E-state index in [1.165, 1.54) is 24.4 Å². The quantitative estimate of drug-likeness (QED) is 0.353. The predicted octanol–water partition coefficient (Wildman–Crippen LogP) is 5.95. The Hall–Kier alpha value is -4.59. The van der Waals surface area contributed by atoms with Gasteiger partial charge in [0, 0.05) is 41.5 Å². The largest absolute Gasteiger partial charge is 0.457 e. The highest BCUT2D eigenvalue weighted by atomic mass is 19.1. The predicted molar refractivity (Wildman–Crippen MR) is 120 cm³/mol. The van der Waals surface area contributed by atoms with Crippen LogP contribution in [0.2, 0.25) is 0 Å². The van der Waals surface area contributed by atoms with Crippen LogP contribution in [0.1, 0.15) is 10.5 Å². The number of aromatic amines is 1. The number of carbonyl (C=O) groups is 1. The third-order valence-electron chi connectivity index (χ3n) is 5.00. The summed E-state index contributed by atoms with van der Waals surface area (Å²) in [6, 6.07) is 16.9. The fourth-order valence-electron chi connectivity index (χ4n) is 3.36. The lowest BCUT2D eigenvalue weighted by molar-refractivity contribution is 0.102. The molecule has 0 atom stereocenters. The van der Waals surface area contributed by atoms with Gasteiger partial charge in [0.2, 0.25) is 0 Å². The smallest absolute Gasteiger partial charge is 0.274 e. The van der Waals surface area contributed by atoms with E-state index in [4.69, 9.17) is 4.74 Å². The number of hydrogen-bond donors (Lipinski definition) is 2. The zero-order chi connectivity index (χ0) is 22.8. The summed E-state index contributed by atoms with van der Waals surface area (Å²) < 4.78 is 33.0. The highest BCUT2D eigenvalue weighted by Gasteiger charge is 2.11. The number of halogens is 2. The minimum atomic E-state index is -0.694. The Kier molecular flexibility index (Phi) is 5.24. The number of pyridine rings is 2. The Labute approximate surface area is 186 Å². The third-order valence-corrected chi connectivity index (χ3v) is 5.00. The van der Waals surface area contributed by atoms with Gasteiger partial charge in [-0.3, -0.25) is 9.78 Å². The number of amides is 1. The number of anilines is 1. The van der Waals surface area contributed by atoms with Gasteiger partial charge in [-0.1, -0.05) is 6.07 Å². The second kappa shape index (κ2) is 8.51. The lowest BCUT2D eigenvalue weighted by Crippen LogP contribution is -2.13. The molecule has 6 nitrogen and oxygen atoms in total. The van der Waals surface area contributed by atoms with Gasteiger partial charge in [0.05, 0.1) is 5.39 Å². The fourth-order valence-corrected chi connectivity index (χ4v) is 3.36. The molecular weight excluding hydrogens is 426 g/mol. The molecule has 0 fully saturated rings. The van der Waals surface area contributed by atoms with E-state index in [1.807, 2.05) is 6.07 Å². The molecule has 0 radical (unpaired) electrons. The maximum absolute atomic E-state index is 14.0. The van der Waals surface area contributed by atoms with Crippen molar-refractivity contribution in [2.45, 2.75) is 0 Å². The van der Waals surface area contributed by atoms with Gasteiger partial charge in [0.1, 0.15) is 34.5 Å². The highest BCUT2D eigenvalue weighted by Crippen LogP contribution is 2.29. The number of ether oxygens (including phenoxy) is 1. The van der Waals surface area contributed by atoms with Crippen LogP contribution in [0.25, 0.3) is 22.2 Å². The molecule has 0 aliphatic heterocycles. The fraction of sp³-hybridized carbons (Fsp3) is 0. The molecular formula is C25H16F2N4O2. The highest BCUT2D eigenvalue weighted by molar-refractivity contribution is 6.03. The van der Waals surface area contributed by atoms with Gasteiger partial charge in [-0.05, 0) is 54.6 Å². The first-order valence-corrected chi connectivity index (χ1v) is 10.00. The van der Waals surface area contributed by atoms with E-state index < -0.39 is 17.5 Å². The standard InChI is InChI=1S/C25H16F2N4O2/c26-16-2-7-19(21(27)13-16)15-1-8-22(30-14-15)25(32)31-17-3-5-18(6-4-17)33-23-10-12-29-24-20(23)9-11-28-24/h1-14H,(H,28,29)(H,31,32). The van der Waals surface area contributed by atoms with Crippen molar-refractivity contribution in [2.75, 3.05) is 5.32 Å². The van der Waals surface area contributed by atoms with Gasteiger partial charge in [0.25, 0.3) is 5.91 Å². The van der Waals surface area contributed by atoms with E-state index in [-0.39, 0.29) is 11.3 Å². The number of H-pyrrole nitrogens is 1. The minimum Gasteiger partial charge on any atom is -0.457 e. The number of nitrogens with one attached hydrogen (secondary N) is 2. The van der Waals surface area contributed by atoms with Crippen molar-refractivity contribution in [3.63, 3.8) is 0 Å². The molecule has 162 valence electrons. The number of fused-ring (bicyclic) bond motifs is 1. The summed E-state index contributed by atoms with van der Waals surface area (Å²) in [4.78, 5) is 23.9. The van der Waals surface area contributed by atoms with Crippen LogP contribution in [-0.2, 0) is 0 Å². The summed E-state index contributed by atoms with van der Waals surface area (Å²) in [5, 5.41) is 3.62. The van der Waals surface area contributed by atoms with Crippen LogP contribution in [0, 0.1) is 11.6 Å². The lowest BCUT2D eigenvalue weighted by atomic mass is 10.1. The number of rotatable bonds is 5. The van der Waals surface area contributed by atoms with E-state index in [1.54, 1.807) is 48.8 Å². The number of nitrogens with zero attached hydrogens (tertiary/aromatic N) is 2. The maximum Gasteiger partial charge on any atom is 0.274 e. The van der Waals surface area contributed by atoms with Crippen LogP contribution in [0.3, 0.4) is 0 Å². The van der Waals surface area contributed by atoms with Crippen LogP contribution in [0.4, 0.5) is 14.5 Å². The first-order valence-electron chi connectivity index (χ1n) is 10.00. The first kappa shape index (κ1) is 20.3. The summed E-state index contributed by atoms with van der Waals surface area (Å²) in [5.74, 6) is -0.501. The Balaban J connectivity index is 1.26. The molecule has 1 amide bonds. The van der Waals surface area contributed by atoms with Crippen LogP contribution in [0.5, 0.6) is 11.5 Å². The molecule has 8 heteroatoms. The molecule has 2 N–H and O–H groups in total. The van der Waals surface area contributed by atoms with Gasteiger partial charge in [-0.2, -0.15) is 0 Å². The van der Waals surface area contributed by atoms with Crippen LogP contribution >= 0.6 is 0 Å². The molecule has 5 rings (SSSR count). The van der Waals surface area contributed by atoms with Crippen molar-refractivity contribution in [3.05, 3.63) is 103 Å². The van der Waals surface area contributed by atoms with E-state index in [0.29, 0.717) is 22.7 Å². The minimum absolute atomic E-state index is 0.160. The van der Waals surface area contributed by atoms with Crippen molar-refractivity contribution < 1.29 is 18.3 Å². The van der Waals surface area contributed by atoms with Crippen LogP contribution in [0.15, 0.2) is 85.3 Å². The number of aromatic nitrogens is 3. The summed E-state index contributed by atoms with van der Waals surface area (Å²) in [6.07, 6.45) is 4.82. The van der Waals surface area contributed by atoms with Gasteiger partial charge in [-0.15, -0.1) is 0 Å². The molecule has 3 aromatic heterocycles. The maximum atomic E-state index is 14.0. The molecule has 0 aliphatic carbocycles. The van der Waals surface area contributed by atoms with Gasteiger partial charge in [-0.25, -0.2) is 13.8 Å². The van der Waals surface area contributed by atoms with Gasteiger partial charge >= 0.3 is 0 Å². The van der Waals surface area contributed by atoms with E-state index in [9.17, 15) is 13.6 Å². The van der Waals surface area contributed by atoms with Crippen molar-refractivity contribution in [3.8, 4) is 22.6 Å². The van der Waals surface area contributed by atoms with E-state index in [2.05, 4.69) is 20.3 Å². The molecule has 0 bridgehead atoms. The average Bonchev–Trinajstić information content (AvgIpc) is 3.31. The Morgan fingerprint density at radius 3 is 2.55 bits per heavy atom. The number of benzene rings is 2. The van der Waals surface area contributed by atoms with Gasteiger partial charge < -0.3 is 15.0 Å². The van der Waals surface area contributed by atoms with Crippen LogP contribution < -0.4 is 10.1 Å². The Morgan fingerprint density at radius 1 is 0.939 bits per heavy atom. The van der Waals surface area contributed by atoms with Crippen molar-refractivity contribution in [2.24, 2.45) is 0 Å². The molecule has 2 aromatic carbocycles. The molecule has 0 aliphatic rings. The topological polar surface area (TPSA) is 79.9 Å². The first-order chi connectivity index (χ1) is 16.1. The van der Waals surface area contributed by atoms with Crippen molar-refractivity contribution in [1.29, 1.82) is 0 Å².